The highest BCUT2D eigenvalue weighted by Gasteiger charge is 2.08. The Morgan fingerprint density at radius 1 is 1.04 bits per heavy atom. The second-order valence-corrected chi connectivity index (χ2v) is 6.49. The van der Waals surface area contributed by atoms with Gasteiger partial charge in [0.25, 0.3) is 0 Å². The molecule has 2 N–H and O–H groups in total. The van der Waals surface area contributed by atoms with E-state index in [4.69, 9.17) is 9.47 Å². The zero-order chi connectivity index (χ0) is 19.9. The summed E-state index contributed by atoms with van der Waals surface area (Å²) in [7, 11) is 3.24. The van der Waals surface area contributed by atoms with Crippen molar-refractivity contribution in [2.45, 2.75) is 13.3 Å². The number of benzene rings is 2. The Bertz CT molecular complexity index is 972. The molecule has 1 heterocycles. The molecule has 3 aromatic rings. The number of nitrogens with one attached hydrogen (secondary N) is 2. The maximum Gasteiger partial charge on any atom is 0.238 e. The third-order valence-electron chi connectivity index (χ3n) is 4.44. The molecule has 6 nitrogen and oxygen atoms in total. The van der Waals surface area contributed by atoms with Gasteiger partial charge >= 0.3 is 0 Å². The lowest BCUT2D eigenvalue weighted by atomic mass is 10.1. The zero-order valence-electron chi connectivity index (χ0n) is 16.4. The fourth-order valence-electron chi connectivity index (χ4n) is 3.08. The minimum absolute atomic E-state index is 0.0805. The summed E-state index contributed by atoms with van der Waals surface area (Å²) in [5, 5.41) is 7.10. The van der Waals surface area contributed by atoms with Gasteiger partial charge in [0, 0.05) is 11.1 Å². The normalized spacial score (nSPS) is 10.7. The van der Waals surface area contributed by atoms with Crippen LogP contribution in [0.5, 0.6) is 11.5 Å². The Balaban J connectivity index is 1.53. The molecule has 1 amide bonds. The molecule has 0 saturated heterocycles. The summed E-state index contributed by atoms with van der Waals surface area (Å²) < 4.78 is 10.6. The minimum Gasteiger partial charge on any atom is -0.493 e. The number of hydrogen-bond acceptors (Lipinski definition) is 5. The molecule has 2 aromatic carbocycles. The standard InChI is InChI=1S/C22H25N3O3/c1-15-12-19(17-6-4-5-7-18(17)24-15)25-22(26)14-23-11-10-16-8-9-20(27-2)21(13-16)28-3/h4-9,12-13,23H,10-11,14H2,1-3H3,(H,24,25,26). The van der Waals surface area contributed by atoms with Crippen LogP contribution in [0.2, 0.25) is 0 Å². The molecule has 0 unspecified atom stereocenters. The van der Waals surface area contributed by atoms with Gasteiger partial charge in [0.15, 0.2) is 11.5 Å². The summed E-state index contributed by atoms with van der Waals surface area (Å²) in [6, 6.07) is 15.5. The van der Waals surface area contributed by atoms with E-state index in [1.54, 1.807) is 14.2 Å². The number of amides is 1. The highest BCUT2D eigenvalue weighted by Crippen LogP contribution is 2.27. The van der Waals surface area contributed by atoms with Gasteiger partial charge in [-0.05, 0) is 49.7 Å². The lowest BCUT2D eigenvalue weighted by Crippen LogP contribution is -2.29. The van der Waals surface area contributed by atoms with E-state index >= 15 is 0 Å². The number of aromatic nitrogens is 1. The van der Waals surface area contributed by atoms with Crippen LogP contribution in [-0.2, 0) is 11.2 Å². The van der Waals surface area contributed by atoms with Crippen LogP contribution in [-0.4, -0.2) is 38.2 Å². The summed E-state index contributed by atoms with van der Waals surface area (Å²) >= 11 is 0. The number of carbonyl (C=O) groups excluding carboxylic acids is 1. The van der Waals surface area contributed by atoms with Crippen molar-refractivity contribution in [2.24, 2.45) is 0 Å². The fourth-order valence-corrected chi connectivity index (χ4v) is 3.08. The molecule has 0 aliphatic carbocycles. The Hall–Kier alpha value is -3.12. The Kier molecular flexibility index (Phi) is 6.45. The first-order valence-corrected chi connectivity index (χ1v) is 9.18. The van der Waals surface area contributed by atoms with Gasteiger partial charge in [-0.2, -0.15) is 0 Å². The van der Waals surface area contributed by atoms with E-state index in [0.29, 0.717) is 18.0 Å². The average molecular weight is 379 g/mol. The number of para-hydroxylation sites is 1. The number of pyridine rings is 1. The van der Waals surface area contributed by atoms with Crippen LogP contribution < -0.4 is 20.1 Å². The van der Waals surface area contributed by atoms with Gasteiger partial charge in [-0.15, -0.1) is 0 Å². The monoisotopic (exact) mass is 379 g/mol. The molecule has 0 fully saturated rings. The van der Waals surface area contributed by atoms with Crippen molar-refractivity contribution >= 4 is 22.5 Å². The smallest absolute Gasteiger partial charge is 0.238 e. The number of rotatable bonds is 8. The van der Waals surface area contributed by atoms with E-state index in [0.717, 1.165) is 34.3 Å². The van der Waals surface area contributed by atoms with Crippen LogP contribution in [0.25, 0.3) is 10.9 Å². The summed E-state index contributed by atoms with van der Waals surface area (Å²) in [6.07, 6.45) is 0.783. The quantitative estimate of drug-likeness (QED) is 0.588. The van der Waals surface area contributed by atoms with Gasteiger partial charge in [0.1, 0.15) is 0 Å². The maximum atomic E-state index is 12.3. The van der Waals surface area contributed by atoms with Crippen molar-refractivity contribution in [3.05, 3.63) is 59.8 Å². The molecule has 146 valence electrons. The highest BCUT2D eigenvalue weighted by atomic mass is 16.5. The van der Waals surface area contributed by atoms with Crippen molar-refractivity contribution in [2.75, 3.05) is 32.6 Å². The van der Waals surface area contributed by atoms with Crippen LogP contribution in [0.1, 0.15) is 11.3 Å². The number of methoxy groups -OCH3 is 2. The summed E-state index contributed by atoms with van der Waals surface area (Å²) in [4.78, 5) is 16.8. The van der Waals surface area contributed by atoms with Crippen molar-refractivity contribution in [3.63, 3.8) is 0 Å². The third-order valence-corrected chi connectivity index (χ3v) is 4.44. The molecule has 0 aliphatic heterocycles. The Morgan fingerprint density at radius 3 is 2.61 bits per heavy atom. The molecular formula is C22H25N3O3. The second-order valence-electron chi connectivity index (χ2n) is 6.49. The molecule has 0 aliphatic rings. The minimum atomic E-state index is -0.0805. The van der Waals surface area contributed by atoms with Gasteiger partial charge in [0.2, 0.25) is 5.91 Å². The van der Waals surface area contributed by atoms with E-state index in [-0.39, 0.29) is 12.5 Å². The van der Waals surface area contributed by atoms with Crippen molar-refractivity contribution in [3.8, 4) is 11.5 Å². The van der Waals surface area contributed by atoms with E-state index in [1.807, 2.05) is 55.5 Å². The first-order chi connectivity index (χ1) is 13.6. The first kappa shape index (κ1) is 19.6. The summed E-state index contributed by atoms with van der Waals surface area (Å²) in [6.45, 7) is 2.84. The molecule has 0 bridgehead atoms. The number of anilines is 1. The topological polar surface area (TPSA) is 72.5 Å². The lowest BCUT2D eigenvalue weighted by Gasteiger charge is -2.11. The predicted molar refractivity (Wildman–Crippen MR) is 111 cm³/mol. The van der Waals surface area contributed by atoms with Crippen LogP contribution in [0.4, 0.5) is 5.69 Å². The van der Waals surface area contributed by atoms with Gasteiger partial charge in [-0.3, -0.25) is 9.78 Å². The largest absolute Gasteiger partial charge is 0.493 e. The molecule has 0 saturated carbocycles. The van der Waals surface area contributed by atoms with E-state index in [1.165, 1.54) is 0 Å². The molecule has 28 heavy (non-hydrogen) atoms. The van der Waals surface area contributed by atoms with Gasteiger partial charge in [-0.25, -0.2) is 0 Å². The summed E-state index contributed by atoms with van der Waals surface area (Å²) in [5.74, 6) is 1.33. The molecule has 6 heteroatoms. The number of carbonyl (C=O) groups is 1. The van der Waals surface area contributed by atoms with Crippen molar-refractivity contribution in [1.82, 2.24) is 10.3 Å². The molecule has 0 spiro atoms. The number of nitrogens with zero attached hydrogens (tertiary/aromatic N) is 1. The molecule has 0 atom stereocenters. The van der Waals surface area contributed by atoms with Crippen LogP contribution in [0.15, 0.2) is 48.5 Å². The fraction of sp³-hybridized carbons (Fsp3) is 0.273. The van der Waals surface area contributed by atoms with Crippen molar-refractivity contribution < 1.29 is 14.3 Å². The number of aryl methyl sites for hydroxylation is 1. The van der Waals surface area contributed by atoms with Gasteiger partial charge in [-0.1, -0.05) is 24.3 Å². The van der Waals surface area contributed by atoms with E-state index < -0.39 is 0 Å². The molecule has 0 radical (unpaired) electrons. The number of fused-ring (bicyclic) bond motifs is 1. The average Bonchev–Trinajstić information content (AvgIpc) is 2.70. The maximum absolute atomic E-state index is 12.3. The van der Waals surface area contributed by atoms with E-state index in [2.05, 4.69) is 15.6 Å². The highest BCUT2D eigenvalue weighted by molar-refractivity contribution is 6.01. The zero-order valence-corrected chi connectivity index (χ0v) is 16.4. The summed E-state index contributed by atoms with van der Waals surface area (Å²) in [5.41, 5.74) is 3.64. The van der Waals surface area contributed by atoms with E-state index in [9.17, 15) is 4.79 Å². The lowest BCUT2D eigenvalue weighted by molar-refractivity contribution is -0.115. The third kappa shape index (κ3) is 4.78. The molecule has 3 rings (SSSR count). The molecular weight excluding hydrogens is 354 g/mol. The first-order valence-electron chi connectivity index (χ1n) is 9.18. The van der Waals surface area contributed by atoms with Gasteiger partial charge < -0.3 is 20.1 Å². The Morgan fingerprint density at radius 2 is 1.82 bits per heavy atom. The SMILES string of the molecule is COc1ccc(CCNCC(=O)Nc2cc(C)nc3ccccc23)cc1OC. The van der Waals surface area contributed by atoms with Gasteiger partial charge in [0.05, 0.1) is 32.0 Å². The second kappa shape index (κ2) is 9.19. The Labute approximate surface area is 164 Å². The van der Waals surface area contributed by atoms with Crippen LogP contribution in [0, 0.1) is 6.92 Å². The van der Waals surface area contributed by atoms with Crippen LogP contribution in [0.3, 0.4) is 0 Å². The number of hydrogen-bond donors (Lipinski definition) is 2. The van der Waals surface area contributed by atoms with Crippen LogP contribution >= 0.6 is 0 Å². The predicted octanol–water partition coefficient (Wildman–Crippen LogP) is 3.33. The molecule has 1 aromatic heterocycles. The van der Waals surface area contributed by atoms with Crippen molar-refractivity contribution in [1.29, 1.82) is 0 Å². The number of ether oxygens (including phenoxy) is 2.